The minimum absolute atomic E-state index is 0.0826. The van der Waals surface area contributed by atoms with Crippen LogP contribution >= 0.6 is 11.6 Å². The van der Waals surface area contributed by atoms with E-state index < -0.39 is 0 Å². The van der Waals surface area contributed by atoms with Gasteiger partial charge in [0.1, 0.15) is 0 Å². The molecule has 1 rings (SSSR count). The Morgan fingerprint density at radius 3 is 2.47 bits per heavy atom. The summed E-state index contributed by atoms with van der Waals surface area (Å²) in [5.41, 5.74) is 1.04. The van der Waals surface area contributed by atoms with Gasteiger partial charge in [0.25, 0.3) is 0 Å². The Morgan fingerprint density at radius 2 is 1.88 bits per heavy atom. The number of amides is 1. The minimum atomic E-state index is -0.0826. The van der Waals surface area contributed by atoms with Crippen molar-refractivity contribution < 1.29 is 4.79 Å². The Hall–Kier alpha value is -1.54. The highest BCUT2D eigenvalue weighted by Crippen LogP contribution is 2.10. The van der Waals surface area contributed by atoms with Gasteiger partial charge >= 0.3 is 0 Å². The molecule has 2 nitrogen and oxygen atoms in total. The summed E-state index contributed by atoms with van der Waals surface area (Å²) in [6.07, 6.45) is 6.96. The van der Waals surface area contributed by atoms with E-state index >= 15 is 0 Å². The zero-order valence-electron chi connectivity index (χ0n) is 9.98. The van der Waals surface area contributed by atoms with E-state index in [9.17, 15) is 4.79 Å². The van der Waals surface area contributed by atoms with Gasteiger partial charge in [-0.25, -0.2) is 0 Å². The van der Waals surface area contributed by atoms with Gasteiger partial charge in [-0.1, -0.05) is 42.0 Å². The molecule has 90 valence electrons. The maximum atomic E-state index is 11.3. The van der Waals surface area contributed by atoms with Gasteiger partial charge in [0.2, 0.25) is 5.91 Å². The third-order valence-electron chi connectivity index (χ3n) is 1.95. The van der Waals surface area contributed by atoms with E-state index in [1.807, 2.05) is 50.3 Å². The van der Waals surface area contributed by atoms with Crippen LogP contribution in [0.25, 0.3) is 6.08 Å². The lowest BCUT2D eigenvalue weighted by Crippen LogP contribution is -2.28. The van der Waals surface area contributed by atoms with E-state index in [1.54, 1.807) is 6.08 Å². The molecule has 0 spiro atoms. The van der Waals surface area contributed by atoms with Crippen LogP contribution in [0, 0.1) is 0 Å². The summed E-state index contributed by atoms with van der Waals surface area (Å²) in [7, 11) is 0. The van der Waals surface area contributed by atoms with E-state index in [4.69, 9.17) is 11.6 Å². The van der Waals surface area contributed by atoms with Crippen LogP contribution in [0.3, 0.4) is 0 Å². The first kappa shape index (κ1) is 13.5. The topological polar surface area (TPSA) is 29.1 Å². The standard InChI is InChI=1S/C14H16ClNO/c1-11(2)16-14(17)6-4-3-5-12-7-9-13(15)10-8-12/h3-11H,1-2H3,(H,16,17)/b5-3+,6-4+. The Balaban J connectivity index is 2.47. The smallest absolute Gasteiger partial charge is 0.244 e. The van der Waals surface area contributed by atoms with E-state index in [0.717, 1.165) is 5.56 Å². The van der Waals surface area contributed by atoms with Gasteiger partial charge in [-0.2, -0.15) is 0 Å². The van der Waals surface area contributed by atoms with Crippen molar-refractivity contribution >= 4 is 23.6 Å². The second kappa shape index (κ2) is 6.92. The molecule has 1 amide bonds. The van der Waals surface area contributed by atoms with Crippen LogP contribution in [0.4, 0.5) is 0 Å². The van der Waals surface area contributed by atoms with Gasteiger partial charge in [0.15, 0.2) is 0 Å². The Morgan fingerprint density at radius 1 is 1.24 bits per heavy atom. The molecule has 1 aromatic rings. The number of halogens is 1. The fraction of sp³-hybridized carbons (Fsp3) is 0.214. The SMILES string of the molecule is CC(C)NC(=O)/C=C/C=C/c1ccc(Cl)cc1. The number of benzene rings is 1. The summed E-state index contributed by atoms with van der Waals surface area (Å²) in [5.74, 6) is -0.0826. The predicted molar refractivity (Wildman–Crippen MR) is 72.9 cm³/mol. The van der Waals surface area contributed by atoms with Gasteiger partial charge in [-0.05, 0) is 31.5 Å². The zero-order valence-corrected chi connectivity index (χ0v) is 10.7. The number of hydrogen-bond acceptors (Lipinski definition) is 1. The summed E-state index contributed by atoms with van der Waals surface area (Å²) >= 11 is 5.77. The van der Waals surface area contributed by atoms with Crippen molar-refractivity contribution in [3.8, 4) is 0 Å². The number of allylic oxidation sites excluding steroid dienone is 2. The second-order valence-electron chi connectivity index (χ2n) is 3.93. The van der Waals surface area contributed by atoms with Crippen molar-refractivity contribution in [2.24, 2.45) is 0 Å². The highest BCUT2D eigenvalue weighted by Gasteiger charge is 1.95. The maximum Gasteiger partial charge on any atom is 0.244 e. The van der Waals surface area contributed by atoms with Gasteiger partial charge in [-0.3, -0.25) is 4.79 Å². The van der Waals surface area contributed by atoms with Crippen molar-refractivity contribution in [1.29, 1.82) is 0 Å². The summed E-state index contributed by atoms with van der Waals surface area (Å²) in [6, 6.07) is 7.65. The third kappa shape index (κ3) is 5.93. The van der Waals surface area contributed by atoms with Gasteiger partial charge in [0, 0.05) is 17.1 Å². The van der Waals surface area contributed by atoms with Crippen molar-refractivity contribution in [2.45, 2.75) is 19.9 Å². The van der Waals surface area contributed by atoms with Crippen LogP contribution in [0.2, 0.25) is 5.02 Å². The molecular weight excluding hydrogens is 234 g/mol. The van der Waals surface area contributed by atoms with Gasteiger partial charge < -0.3 is 5.32 Å². The minimum Gasteiger partial charge on any atom is -0.350 e. The molecule has 3 heteroatoms. The molecule has 17 heavy (non-hydrogen) atoms. The number of hydrogen-bond donors (Lipinski definition) is 1. The van der Waals surface area contributed by atoms with Crippen molar-refractivity contribution in [1.82, 2.24) is 5.32 Å². The lowest BCUT2D eigenvalue weighted by Gasteiger charge is -2.03. The molecule has 0 bridgehead atoms. The summed E-state index contributed by atoms with van der Waals surface area (Å²) in [5, 5.41) is 3.49. The van der Waals surface area contributed by atoms with Crippen LogP contribution in [-0.2, 0) is 4.79 Å². The Kier molecular flexibility index (Phi) is 5.50. The van der Waals surface area contributed by atoms with Crippen LogP contribution in [0.1, 0.15) is 19.4 Å². The summed E-state index contributed by atoms with van der Waals surface area (Å²) in [6.45, 7) is 3.85. The summed E-state index contributed by atoms with van der Waals surface area (Å²) in [4.78, 5) is 11.3. The molecule has 0 saturated heterocycles. The van der Waals surface area contributed by atoms with Crippen LogP contribution in [0.5, 0.6) is 0 Å². The average Bonchev–Trinajstić information content (AvgIpc) is 2.26. The molecule has 0 aliphatic rings. The molecule has 0 aromatic heterocycles. The van der Waals surface area contributed by atoms with E-state index in [0.29, 0.717) is 5.02 Å². The summed E-state index contributed by atoms with van der Waals surface area (Å²) < 4.78 is 0. The maximum absolute atomic E-state index is 11.3. The fourth-order valence-corrected chi connectivity index (χ4v) is 1.34. The van der Waals surface area contributed by atoms with Crippen LogP contribution < -0.4 is 5.32 Å². The molecule has 0 aliphatic carbocycles. The van der Waals surface area contributed by atoms with Crippen molar-refractivity contribution in [3.63, 3.8) is 0 Å². The second-order valence-corrected chi connectivity index (χ2v) is 4.37. The number of rotatable bonds is 4. The first-order chi connectivity index (χ1) is 8.08. The molecule has 0 fully saturated rings. The normalized spacial score (nSPS) is 11.5. The van der Waals surface area contributed by atoms with E-state index in [1.165, 1.54) is 6.08 Å². The lowest BCUT2D eigenvalue weighted by molar-refractivity contribution is -0.116. The third-order valence-corrected chi connectivity index (χ3v) is 2.20. The fourth-order valence-electron chi connectivity index (χ4n) is 1.22. The lowest BCUT2D eigenvalue weighted by atomic mass is 10.2. The van der Waals surface area contributed by atoms with Crippen molar-refractivity contribution in [2.75, 3.05) is 0 Å². The predicted octanol–water partition coefficient (Wildman–Crippen LogP) is 3.43. The van der Waals surface area contributed by atoms with Gasteiger partial charge in [-0.15, -0.1) is 0 Å². The number of carbonyl (C=O) groups excluding carboxylic acids is 1. The molecule has 0 heterocycles. The van der Waals surface area contributed by atoms with Crippen LogP contribution in [-0.4, -0.2) is 11.9 Å². The molecule has 0 atom stereocenters. The monoisotopic (exact) mass is 249 g/mol. The highest BCUT2D eigenvalue weighted by molar-refractivity contribution is 6.30. The van der Waals surface area contributed by atoms with Gasteiger partial charge in [0.05, 0.1) is 0 Å². The number of carbonyl (C=O) groups is 1. The first-order valence-corrected chi connectivity index (χ1v) is 5.86. The van der Waals surface area contributed by atoms with E-state index in [-0.39, 0.29) is 11.9 Å². The molecule has 1 aromatic carbocycles. The molecule has 1 N–H and O–H groups in total. The highest BCUT2D eigenvalue weighted by atomic mass is 35.5. The Bertz CT molecular complexity index is 418. The Labute approximate surface area is 107 Å². The number of nitrogens with one attached hydrogen (secondary N) is 1. The molecule has 0 aliphatic heterocycles. The first-order valence-electron chi connectivity index (χ1n) is 5.49. The van der Waals surface area contributed by atoms with Crippen LogP contribution in [0.15, 0.2) is 42.5 Å². The molecule has 0 radical (unpaired) electrons. The quantitative estimate of drug-likeness (QED) is 0.643. The molecular formula is C14H16ClNO. The molecule has 0 saturated carbocycles. The largest absolute Gasteiger partial charge is 0.350 e. The average molecular weight is 250 g/mol. The zero-order chi connectivity index (χ0) is 12.7. The van der Waals surface area contributed by atoms with Crippen molar-refractivity contribution in [3.05, 3.63) is 53.1 Å². The van der Waals surface area contributed by atoms with E-state index in [2.05, 4.69) is 5.32 Å². The molecule has 0 unspecified atom stereocenters.